The van der Waals surface area contributed by atoms with Crippen molar-refractivity contribution in [2.45, 2.75) is 12.8 Å². The zero-order chi connectivity index (χ0) is 18.4. The molecule has 2 rings (SSSR count). The molecule has 2 aliphatic heterocycles. The Balaban J connectivity index is 1.95. The number of rotatable bonds is 9. The highest BCUT2D eigenvalue weighted by Gasteiger charge is 2.27. The molecule has 132 valence electrons. The predicted molar refractivity (Wildman–Crippen MR) is 83.6 cm³/mol. The first kappa shape index (κ1) is 18.2. The lowest BCUT2D eigenvalue weighted by atomic mass is 10.2. The summed E-state index contributed by atoms with van der Waals surface area (Å²) < 4.78 is 0. The summed E-state index contributed by atoms with van der Waals surface area (Å²) in [5.41, 5.74) is 0. The lowest BCUT2D eigenvalue weighted by Crippen LogP contribution is -2.45. The van der Waals surface area contributed by atoms with Gasteiger partial charge in [-0.15, -0.1) is 0 Å². The van der Waals surface area contributed by atoms with E-state index in [2.05, 4.69) is 0 Å². The molecule has 0 aromatic carbocycles. The molecule has 2 aliphatic rings. The van der Waals surface area contributed by atoms with Crippen LogP contribution in [0, 0.1) is 0 Å². The molecule has 0 spiro atoms. The Hall–Kier alpha value is -3.10. The predicted octanol–water partition coefficient (Wildman–Crippen LogP) is -1.36. The van der Waals surface area contributed by atoms with Crippen LogP contribution in [0.4, 0.5) is 0 Å². The summed E-state index contributed by atoms with van der Waals surface area (Å²) in [5, 5.41) is 0. The lowest BCUT2D eigenvalue weighted by molar-refractivity contribution is -0.140. The second kappa shape index (κ2) is 8.13. The molecule has 0 unspecified atom stereocenters. The van der Waals surface area contributed by atoms with Crippen LogP contribution in [-0.2, 0) is 28.8 Å². The normalized spacial score (nSPS) is 16.3. The molecule has 0 aromatic rings. The van der Waals surface area contributed by atoms with Crippen molar-refractivity contribution in [1.82, 2.24) is 14.7 Å². The molecule has 2 heterocycles. The van der Waals surface area contributed by atoms with Crippen molar-refractivity contribution in [2.24, 2.45) is 0 Å². The van der Waals surface area contributed by atoms with Gasteiger partial charge in [0.2, 0.25) is 5.91 Å². The van der Waals surface area contributed by atoms with Gasteiger partial charge in [0.05, 0.1) is 0 Å². The average molecular weight is 347 g/mol. The highest BCUT2D eigenvalue weighted by molar-refractivity contribution is 6.13. The number of amides is 5. The zero-order valence-corrected chi connectivity index (χ0v) is 13.4. The number of hydrogen-bond donors (Lipinski definition) is 0. The summed E-state index contributed by atoms with van der Waals surface area (Å²) in [7, 11) is 0. The third-order valence-corrected chi connectivity index (χ3v) is 3.82. The molecule has 0 aromatic heterocycles. The number of imide groups is 2. The van der Waals surface area contributed by atoms with Crippen LogP contribution in [0.5, 0.6) is 0 Å². The maximum Gasteiger partial charge on any atom is 0.253 e. The van der Waals surface area contributed by atoms with Gasteiger partial charge in [-0.25, -0.2) is 0 Å². The molecule has 0 bridgehead atoms. The van der Waals surface area contributed by atoms with E-state index in [0.29, 0.717) is 6.29 Å². The molecule has 0 N–H and O–H groups in total. The SMILES string of the molecule is O=CCCC(=O)N(CCN1C(=O)C=CC1=O)CCN1C(=O)C=CC1=O. The van der Waals surface area contributed by atoms with E-state index in [-0.39, 0.29) is 44.9 Å². The van der Waals surface area contributed by atoms with Crippen LogP contribution in [0.2, 0.25) is 0 Å². The second-order valence-electron chi connectivity index (χ2n) is 5.41. The summed E-state index contributed by atoms with van der Waals surface area (Å²) >= 11 is 0. The number of carbonyl (C=O) groups is 6. The molecular weight excluding hydrogens is 330 g/mol. The largest absolute Gasteiger partial charge is 0.339 e. The van der Waals surface area contributed by atoms with E-state index in [1.54, 1.807) is 0 Å². The molecule has 9 heteroatoms. The monoisotopic (exact) mass is 347 g/mol. The van der Waals surface area contributed by atoms with Gasteiger partial charge in [0.25, 0.3) is 23.6 Å². The van der Waals surface area contributed by atoms with Gasteiger partial charge in [-0.1, -0.05) is 0 Å². The first-order valence-electron chi connectivity index (χ1n) is 7.72. The average Bonchev–Trinajstić information content (AvgIpc) is 3.08. The minimum Gasteiger partial charge on any atom is -0.339 e. The molecule has 0 saturated carbocycles. The Morgan fingerprint density at radius 2 is 1.24 bits per heavy atom. The van der Waals surface area contributed by atoms with Crippen LogP contribution in [0.1, 0.15) is 12.8 Å². The van der Waals surface area contributed by atoms with Crippen LogP contribution in [0.3, 0.4) is 0 Å². The highest BCUT2D eigenvalue weighted by Crippen LogP contribution is 2.07. The molecule has 0 fully saturated rings. The highest BCUT2D eigenvalue weighted by atomic mass is 16.2. The Morgan fingerprint density at radius 1 is 0.840 bits per heavy atom. The van der Waals surface area contributed by atoms with E-state index in [1.165, 1.54) is 4.90 Å². The van der Waals surface area contributed by atoms with Crippen molar-refractivity contribution in [1.29, 1.82) is 0 Å². The summed E-state index contributed by atoms with van der Waals surface area (Å²) in [4.78, 5) is 72.2. The molecule has 0 atom stereocenters. The van der Waals surface area contributed by atoms with Gasteiger partial charge in [0, 0.05) is 63.3 Å². The van der Waals surface area contributed by atoms with Crippen molar-refractivity contribution in [3.63, 3.8) is 0 Å². The van der Waals surface area contributed by atoms with Gasteiger partial charge < -0.3 is 9.69 Å². The molecular formula is C16H17N3O6. The Labute approximate surface area is 143 Å². The van der Waals surface area contributed by atoms with Gasteiger partial charge in [-0.2, -0.15) is 0 Å². The second-order valence-corrected chi connectivity index (χ2v) is 5.41. The van der Waals surface area contributed by atoms with Crippen LogP contribution < -0.4 is 0 Å². The van der Waals surface area contributed by atoms with Gasteiger partial charge >= 0.3 is 0 Å². The molecule has 0 aliphatic carbocycles. The van der Waals surface area contributed by atoms with Gasteiger partial charge in [0.15, 0.2) is 0 Å². The van der Waals surface area contributed by atoms with Crippen molar-refractivity contribution < 1.29 is 28.8 Å². The summed E-state index contributed by atoms with van der Waals surface area (Å²) in [6, 6.07) is 0. The van der Waals surface area contributed by atoms with Crippen molar-refractivity contribution in [3.05, 3.63) is 24.3 Å². The van der Waals surface area contributed by atoms with E-state index in [4.69, 9.17) is 0 Å². The van der Waals surface area contributed by atoms with Gasteiger partial charge in [0.1, 0.15) is 6.29 Å². The molecule has 0 radical (unpaired) electrons. The minimum atomic E-state index is -0.459. The quantitative estimate of drug-likeness (QED) is 0.376. The van der Waals surface area contributed by atoms with Crippen LogP contribution in [-0.4, -0.2) is 76.7 Å². The molecule has 9 nitrogen and oxygen atoms in total. The molecule has 25 heavy (non-hydrogen) atoms. The minimum absolute atomic E-state index is 0.00234. The fraction of sp³-hybridized carbons (Fsp3) is 0.375. The zero-order valence-electron chi connectivity index (χ0n) is 13.4. The summed E-state index contributed by atoms with van der Waals surface area (Å²) in [6.07, 6.45) is 5.22. The Kier molecular flexibility index (Phi) is 5.93. The van der Waals surface area contributed by atoms with E-state index in [9.17, 15) is 28.8 Å². The van der Waals surface area contributed by atoms with Gasteiger partial charge in [-0.3, -0.25) is 33.8 Å². The maximum atomic E-state index is 12.2. The Morgan fingerprint density at radius 3 is 1.60 bits per heavy atom. The van der Waals surface area contributed by atoms with Crippen molar-refractivity contribution in [2.75, 3.05) is 26.2 Å². The van der Waals surface area contributed by atoms with Crippen LogP contribution >= 0.6 is 0 Å². The third kappa shape index (κ3) is 4.46. The van der Waals surface area contributed by atoms with E-state index < -0.39 is 23.6 Å². The third-order valence-electron chi connectivity index (χ3n) is 3.82. The van der Waals surface area contributed by atoms with E-state index >= 15 is 0 Å². The summed E-state index contributed by atoms with van der Waals surface area (Å²) in [5.74, 6) is -2.19. The number of aldehydes is 1. The van der Waals surface area contributed by atoms with Crippen LogP contribution in [0.25, 0.3) is 0 Å². The lowest BCUT2D eigenvalue weighted by Gasteiger charge is -2.26. The van der Waals surface area contributed by atoms with E-state index in [0.717, 1.165) is 34.1 Å². The first-order chi connectivity index (χ1) is 11.9. The number of carbonyl (C=O) groups excluding carboxylic acids is 6. The van der Waals surface area contributed by atoms with Crippen LogP contribution in [0.15, 0.2) is 24.3 Å². The molecule has 0 saturated heterocycles. The first-order valence-corrected chi connectivity index (χ1v) is 7.72. The summed E-state index contributed by atoms with van der Waals surface area (Å²) in [6.45, 7) is 0.107. The van der Waals surface area contributed by atoms with Gasteiger partial charge in [-0.05, 0) is 0 Å². The van der Waals surface area contributed by atoms with Crippen molar-refractivity contribution in [3.8, 4) is 0 Å². The van der Waals surface area contributed by atoms with Crippen molar-refractivity contribution >= 4 is 35.8 Å². The topological polar surface area (TPSA) is 112 Å². The Bertz CT molecular complexity index is 599. The smallest absolute Gasteiger partial charge is 0.253 e. The molecule has 5 amide bonds. The number of hydrogen-bond acceptors (Lipinski definition) is 6. The fourth-order valence-corrected chi connectivity index (χ4v) is 2.45. The fourth-order valence-electron chi connectivity index (χ4n) is 2.45. The van der Waals surface area contributed by atoms with E-state index in [1.807, 2.05) is 0 Å². The standard InChI is InChI=1S/C16H17N3O6/c20-11-1-2-12(21)17(7-9-18-13(22)3-4-14(18)23)8-10-19-15(24)5-6-16(19)25/h3-6,11H,1-2,7-10H2. The maximum absolute atomic E-state index is 12.2. The number of nitrogens with zero attached hydrogens (tertiary/aromatic N) is 3.